The molecule has 2 saturated carbocycles. The molecule has 2 fully saturated rings. The molecule has 2 N–H and O–H groups in total. The summed E-state index contributed by atoms with van der Waals surface area (Å²) in [4.78, 5) is 12.7. The van der Waals surface area contributed by atoms with Crippen molar-refractivity contribution in [1.29, 1.82) is 0 Å². The molecule has 1 aromatic heterocycles. The Bertz CT molecular complexity index is 912. The fourth-order valence-electron chi connectivity index (χ4n) is 3.33. The molecule has 0 bridgehead atoms. The van der Waals surface area contributed by atoms with E-state index in [4.69, 9.17) is 0 Å². The summed E-state index contributed by atoms with van der Waals surface area (Å²) in [5.74, 6) is 0.305. The van der Waals surface area contributed by atoms with Crippen molar-refractivity contribution in [1.82, 2.24) is 14.5 Å². The first-order valence-electron chi connectivity index (χ1n) is 9.00. The number of benzene rings is 1. The van der Waals surface area contributed by atoms with E-state index in [0.29, 0.717) is 17.4 Å². The van der Waals surface area contributed by atoms with Gasteiger partial charge < -0.3 is 5.32 Å². The molecule has 0 aliphatic heterocycles. The molecule has 0 spiro atoms. The second-order valence-electron chi connectivity index (χ2n) is 6.98. The van der Waals surface area contributed by atoms with Crippen LogP contribution in [0.2, 0.25) is 0 Å². The van der Waals surface area contributed by atoms with Crippen molar-refractivity contribution in [2.75, 3.05) is 5.32 Å². The first-order chi connectivity index (χ1) is 12.5. The number of hydrogen-bond acceptors (Lipinski definition) is 4. The third kappa shape index (κ3) is 3.66. The van der Waals surface area contributed by atoms with Gasteiger partial charge >= 0.3 is 0 Å². The molecule has 26 heavy (non-hydrogen) atoms. The Morgan fingerprint density at radius 3 is 2.62 bits per heavy atom. The summed E-state index contributed by atoms with van der Waals surface area (Å²) >= 11 is 0. The summed E-state index contributed by atoms with van der Waals surface area (Å²) in [5, 5.41) is 7.20. The number of aromatic nitrogens is 2. The maximum atomic E-state index is 12.6. The lowest BCUT2D eigenvalue weighted by atomic mass is 10.2. The third-order valence-electron chi connectivity index (χ3n) is 4.89. The monoisotopic (exact) mass is 374 g/mol. The number of anilines is 1. The van der Waals surface area contributed by atoms with E-state index in [1.807, 2.05) is 4.68 Å². The second kappa shape index (κ2) is 6.85. The van der Waals surface area contributed by atoms with Crippen molar-refractivity contribution in [2.45, 2.75) is 55.5 Å². The van der Waals surface area contributed by atoms with Gasteiger partial charge in [-0.15, -0.1) is 0 Å². The van der Waals surface area contributed by atoms with Gasteiger partial charge in [0.1, 0.15) is 5.82 Å². The van der Waals surface area contributed by atoms with Gasteiger partial charge in [-0.05, 0) is 43.9 Å². The minimum atomic E-state index is -3.58. The summed E-state index contributed by atoms with van der Waals surface area (Å²) < 4.78 is 29.2. The Hall–Kier alpha value is -2.19. The maximum absolute atomic E-state index is 12.6. The van der Waals surface area contributed by atoms with E-state index in [-0.39, 0.29) is 16.8 Å². The summed E-state index contributed by atoms with van der Waals surface area (Å²) in [6.07, 6.45) is 7.87. The molecule has 1 aromatic carbocycles. The van der Waals surface area contributed by atoms with Gasteiger partial charge in [0, 0.05) is 17.7 Å². The SMILES string of the molecule is O=C(Nc1ccnn1C1CCCC1)c1cccc(S(=O)(=O)NC2CC2)c1. The number of amides is 1. The molecule has 0 saturated heterocycles. The summed E-state index contributed by atoms with van der Waals surface area (Å²) in [7, 11) is -3.58. The highest BCUT2D eigenvalue weighted by molar-refractivity contribution is 7.89. The molecule has 1 heterocycles. The molecule has 2 aromatic rings. The number of sulfonamides is 1. The predicted octanol–water partition coefficient (Wildman–Crippen LogP) is 2.69. The van der Waals surface area contributed by atoms with Crippen LogP contribution in [0.3, 0.4) is 0 Å². The van der Waals surface area contributed by atoms with Crippen molar-refractivity contribution >= 4 is 21.7 Å². The predicted molar refractivity (Wildman–Crippen MR) is 97.5 cm³/mol. The number of rotatable bonds is 6. The average Bonchev–Trinajstić information content (AvgIpc) is 3.10. The van der Waals surface area contributed by atoms with E-state index in [2.05, 4.69) is 15.1 Å². The van der Waals surface area contributed by atoms with Gasteiger partial charge in [-0.1, -0.05) is 18.9 Å². The van der Waals surface area contributed by atoms with Gasteiger partial charge in [0.2, 0.25) is 10.0 Å². The number of carbonyl (C=O) groups excluding carboxylic acids is 1. The van der Waals surface area contributed by atoms with Crippen LogP contribution in [0.5, 0.6) is 0 Å². The van der Waals surface area contributed by atoms with Crippen LogP contribution in [0.4, 0.5) is 5.82 Å². The Morgan fingerprint density at radius 2 is 1.88 bits per heavy atom. The first-order valence-corrected chi connectivity index (χ1v) is 10.5. The van der Waals surface area contributed by atoms with Crippen LogP contribution in [0.1, 0.15) is 54.9 Å². The molecule has 2 aliphatic carbocycles. The van der Waals surface area contributed by atoms with Crippen molar-refractivity contribution in [3.8, 4) is 0 Å². The van der Waals surface area contributed by atoms with Crippen LogP contribution in [0, 0.1) is 0 Å². The molecule has 0 atom stereocenters. The lowest BCUT2D eigenvalue weighted by molar-refractivity contribution is 0.102. The van der Waals surface area contributed by atoms with Crippen molar-refractivity contribution in [2.24, 2.45) is 0 Å². The van der Waals surface area contributed by atoms with Gasteiger partial charge in [-0.2, -0.15) is 5.10 Å². The zero-order chi connectivity index (χ0) is 18.1. The highest BCUT2D eigenvalue weighted by Gasteiger charge is 2.28. The van der Waals surface area contributed by atoms with Crippen LogP contribution in [0.15, 0.2) is 41.4 Å². The largest absolute Gasteiger partial charge is 0.307 e. The normalized spacial score (nSPS) is 18.2. The molecular weight excluding hydrogens is 352 g/mol. The summed E-state index contributed by atoms with van der Waals surface area (Å²) in [6, 6.07) is 8.23. The molecular formula is C18H22N4O3S. The topological polar surface area (TPSA) is 93.1 Å². The summed E-state index contributed by atoms with van der Waals surface area (Å²) in [6.45, 7) is 0. The van der Waals surface area contributed by atoms with Gasteiger partial charge in [0.15, 0.2) is 0 Å². The number of carbonyl (C=O) groups is 1. The number of hydrogen-bond donors (Lipinski definition) is 2. The second-order valence-corrected chi connectivity index (χ2v) is 8.69. The number of nitrogens with one attached hydrogen (secondary N) is 2. The average molecular weight is 374 g/mol. The molecule has 2 aliphatic rings. The van der Waals surface area contributed by atoms with Crippen LogP contribution >= 0.6 is 0 Å². The van der Waals surface area contributed by atoms with Crippen LogP contribution in [-0.2, 0) is 10.0 Å². The zero-order valence-electron chi connectivity index (χ0n) is 14.4. The molecule has 8 heteroatoms. The van der Waals surface area contributed by atoms with Crippen molar-refractivity contribution in [3.63, 3.8) is 0 Å². The van der Waals surface area contributed by atoms with E-state index in [1.54, 1.807) is 24.4 Å². The molecule has 138 valence electrons. The van der Waals surface area contributed by atoms with Crippen LogP contribution in [-0.4, -0.2) is 30.1 Å². The van der Waals surface area contributed by atoms with Crippen molar-refractivity contribution < 1.29 is 13.2 Å². The third-order valence-corrected chi connectivity index (χ3v) is 6.41. The highest BCUT2D eigenvalue weighted by atomic mass is 32.2. The molecule has 7 nitrogen and oxygen atoms in total. The Labute approximate surface area is 152 Å². The molecule has 0 radical (unpaired) electrons. The smallest absolute Gasteiger partial charge is 0.256 e. The Balaban J connectivity index is 1.52. The van der Waals surface area contributed by atoms with Crippen LogP contribution in [0.25, 0.3) is 0 Å². The first kappa shape index (κ1) is 17.2. The zero-order valence-corrected chi connectivity index (χ0v) is 15.2. The summed E-state index contributed by atoms with van der Waals surface area (Å²) in [5.41, 5.74) is 0.308. The lowest BCUT2D eigenvalue weighted by Crippen LogP contribution is -2.26. The van der Waals surface area contributed by atoms with Gasteiger partial charge in [-0.25, -0.2) is 17.8 Å². The Kier molecular flexibility index (Phi) is 4.54. The van der Waals surface area contributed by atoms with E-state index in [0.717, 1.165) is 25.7 Å². The lowest BCUT2D eigenvalue weighted by Gasteiger charge is -2.15. The maximum Gasteiger partial charge on any atom is 0.256 e. The Morgan fingerprint density at radius 1 is 1.12 bits per heavy atom. The fourth-order valence-corrected chi connectivity index (χ4v) is 4.69. The van der Waals surface area contributed by atoms with E-state index < -0.39 is 10.0 Å². The van der Waals surface area contributed by atoms with Gasteiger partial charge in [0.25, 0.3) is 5.91 Å². The molecule has 4 rings (SSSR count). The van der Waals surface area contributed by atoms with E-state index in [9.17, 15) is 13.2 Å². The van der Waals surface area contributed by atoms with Crippen LogP contribution < -0.4 is 10.0 Å². The minimum absolute atomic E-state index is 0.0262. The molecule has 1 amide bonds. The van der Waals surface area contributed by atoms with E-state index in [1.165, 1.54) is 25.0 Å². The minimum Gasteiger partial charge on any atom is -0.307 e. The van der Waals surface area contributed by atoms with Gasteiger partial charge in [0.05, 0.1) is 17.1 Å². The van der Waals surface area contributed by atoms with Gasteiger partial charge in [-0.3, -0.25) is 4.79 Å². The quantitative estimate of drug-likeness (QED) is 0.813. The standard InChI is InChI=1S/C18H22N4O3S/c23-18(20-17-10-11-19-22(17)15-5-1-2-6-15)13-4-3-7-16(12-13)26(24,25)21-14-8-9-14/h3-4,7,10-12,14-15,21H,1-2,5-6,8-9H2,(H,20,23). The van der Waals surface area contributed by atoms with E-state index >= 15 is 0 Å². The highest BCUT2D eigenvalue weighted by Crippen LogP contribution is 2.31. The number of nitrogens with zero attached hydrogens (tertiary/aromatic N) is 2. The fraction of sp³-hybridized carbons (Fsp3) is 0.444. The van der Waals surface area contributed by atoms with Crippen molar-refractivity contribution in [3.05, 3.63) is 42.1 Å². The molecule has 0 unspecified atom stereocenters.